The molecular formula is C12H19F3N2O2. The summed E-state index contributed by atoms with van der Waals surface area (Å²) in [6.07, 6.45) is -3.74. The molecule has 7 heteroatoms. The van der Waals surface area contributed by atoms with Gasteiger partial charge < -0.3 is 5.11 Å². The number of amides is 1. The van der Waals surface area contributed by atoms with E-state index < -0.39 is 30.1 Å². The number of carbonyl (C=O) groups excluding carboxylic acids is 1. The molecule has 1 aliphatic rings. The molecule has 1 N–H and O–H groups in total. The van der Waals surface area contributed by atoms with Crippen molar-refractivity contribution in [3.05, 3.63) is 0 Å². The first kappa shape index (κ1) is 15.9. The van der Waals surface area contributed by atoms with E-state index in [1.54, 1.807) is 0 Å². The van der Waals surface area contributed by atoms with Gasteiger partial charge in [0.1, 0.15) is 0 Å². The molecule has 19 heavy (non-hydrogen) atoms. The van der Waals surface area contributed by atoms with Crippen molar-refractivity contribution in [2.45, 2.75) is 58.4 Å². The summed E-state index contributed by atoms with van der Waals surface area (Å²) in [4.78, 5) is 11.8. The first-order valence-electron chi connectivity index (χ1n) is 6.33. The quantitative estimate of drug-likeness (QED) is 0.860. The number of nitrogens with zero attached hydrogens (tertiary/aromatic N) is 2. The molecule has 1 aliphatic heterocycles. The van der Waals surface area contributed by atoms with Crippen LogP contribution in [0.2, 0.25) is 0 Å². The lowest BCUT2D eigenvalue weighted by molar-refractivity contribution is -0.303. The van der Waals surface area contributed by atoms with Crippen molar-refractivity contribution in [3.8, 4) is 0 Å². The van der Waals surface area contributed by atoms with E-state index in [1.807, 2.05) is 6.92 Å². The molecule has 4 nitrogen and oxygen atoms in total. The molecule has 1 amide bonds. The summed E-state index contributed by atoms with van der Waals surface area (Å²) in [6, 6.07) is 0. The van der Waals surface area contributed by atoms with Gasteiger partial charge in [0.25, 0.3) is 5.72 Å². The van der Waals surface area contributed by atoms with Crippen molar-refractivity contribution in [1.29, 1.82) is 0 Å². The van der Waals surface area contributed by atoms with Crippen molar-refractivity contribution in [2.75, 3.05) is 0 Å². The van der Waals surface area contributed by atoms with E-state index in [0.717, 1.165) is 6.42 Å². The summed E-state index contributed by atoms with van der Waals surface area (Å²) >= 11 is 0. The van der Waals surface area contributed by atoms with E-state index in [-0.39, 0.29) is 10.7 Å². The number of carbonyl (C=O) groups is 1. The Morgan fingerprint density at radius 2 is 2.11 bits per heavy atom. The zero-order valence-corrected chi connectivity index (χ0v) is 11.3. The zero-order chi connectivity index (χ0) is 14.8. The number of rotatable bonds is 4. The van der Waals surface area contributed by atoms with Gasteiger partial charge in [-0.3, -0.25) is 4.79 Å². The number of unbranched alkanes of at least 4 members (excludes halogenated alkanes) is 1. The Balaban J connectivity index is 3.03. The molecule has 0 aromatic heterocycles. The molecule has 0 bridgehead atoms. The molecular weight excluding hydrogens is 261 g/mol. The van der Waals surface area contributed by atoms with Crippen LogP contribution >= 0.6 is 0 Å². The maximum atomic E-state index is 13.0. The minimum atomic E-state index is -4.92. The van der Waals surface area contributed by atoms with Crippen molar-refractivity contribution in [1.82, 2.24) is 5.01 Å². The molecule has 0 spiro atoms. The standard InChI is InChI=1S/C12H19F3N2O2/c1-4-5-6-9-7-11(19,12(13,14)15)17(16-9)10(18)8(2)3/h8,19H,4-7H2,1-3H3. The Labute approximate surface area is 110 Å². The highest BCUT2D eigenvalue weighted by Gasteiger charge is 2.63. The van der Waals surface area contributed by atoms with E-state index in [4.69, 9.17) is 0 Å². The molecule has 0 aliphatic carbocycles. The lowest BCUT2D eigenvalue weighted by atomic mass is 10.0. The van der Waals surface area contributed by atoms with Crippen LogP contribution in [0.4, 0.5) is 13.2 Å². The fourth-order valence-electron chi connectivity index (χ4n) is 1.83. The van der Waals surface area contributed by atoms with Gasteiger partial charge in [0.15, 0.2) is 0 Å². The molecule has 1 atom stereocenters. The van der Waals surface area contributed by atoms with Crippen molar-refractivity contribution >= 4 is 11.6 Å². The average molecular weight is 280 g/mol. The normalized spacial score (nSPS) is 24.0. The largest absolute Gasteiger partial charge is 0.438 e. The van der Waals surface area contributed by atoms with E-state index in [9.17, 15) is 23.1 Å². The Kier molecular flexibility index (Phi) is 4.60. The summed E-state index contributed by atoms with van der Waals surface area (Å²) in [5, 5.41) is 13.7. The van der Waals surface area contributed by atoms with Gasteiger partial charge in [0, 0.05) is 18.1 Å². The molecule has 0 fully saturated rings. The van der Waals surface area contributed by atoms with Crippen molar-refractivity contribution in [2.24, 2.45) is 11.0 Å². The number of alkyl halides is 3. The van der Waals surface area contributed by atoms with Crippen LogP contribution in [0.25, 0.3) is 0 Å². The number of hydrogen-bond donors (Lipinski definition) is 1. The van der Waals surface area contributed by atoms with Crippen LogP contribution in [0.15, 0.2) is 5.10 Å². The lowest BCUT2D eigenvalue weighted by Gasteiger charge is -2.33. The first-order valence-corrected chi connectivity index (χ1v) is 6.33. The van der Waals surface area contributed by atoms with Crippen LogP contribution in [-0.4, -0.2) is 33.6 Å². The van der Waals surface area contributed by atoms with Crippen LogP contribution in [0.3, 0.4) is 0 Å². The summed E-state index contributed by atoms with van der Waals surface area (Å²) in [7, 11) is 0. The predicted octanol–water partition coefficient (Wildman–Crippen LogP) is 2.67. The van der Waals surface area contributed by atoms with E-state index in [1.165, 1.54) is 13.8 Å². The molecule has 1 heterocycles. The SMILES string of the molecule is CCCCC1=NN(C(=O)C(C)C)C(O)(C(F)(F)F)C1. The number of hydrogen-bond acceptors (Lipinski definition) is 3. The highest BCUT2D eigenvalue weighted by atomic mass is 19.4. The molecule has 1 unspecified atom stereocenters. The summed E-state index contributed by atoms with van der Waals surface area (Å²) in [5.41, 5.74) is -2.98. The van der Waals surface area contributed by atoms with E-state index in [0.29, 0.717) is 12.8 Å². The smallest absolute Gasteiger partial charge is 0.362 e. The minimum absolute atomic E-state index is 0.211. The van der Waals surface area contributed by atoms with Gasteiger partial charge in [-0.2, -0.15) is 23.3 Å². The Morgan fingerprint density at radius 1 is 1.53 bits per heavy atom. The molecule has 0 radical (unpaired) electrons. The zero-order valence-electron chi connectivity index (χ0n) is 11.3. The molecule has 0 aromatic carbocycles. The van der Waals surface area contributed by atoms with Crippen LogP contribution in [-0.2, 0) is 4.79 Å². The Bertz CT molecular complexity index is 380. The lowest BCUT2D eigenvalue weighted by Crippen LogP contribution is -2.57. The van der Waals surface area contributed by atoms with Gasteiger partial charge in [-0.1, -0.05) is 27.2 Å². The topological polar surface area (TPSA) is 52.9 Å². The van der Waals surface area contributed by atoms with Gasteiger partial charge in [0.05, 0.1) is 0 Å². The third-order valence-corrected chi connectivity index (χ3v) is 3.02. The molecule has 0 aromatic rings. The van der Waals surface area contributed by atoms with Crippen LogP contribution < -0.4 is 0 Å². The average Bonchev–Trinajstić information content (AvgIpc) is 2.63. The number of aliphatic hydroxyl groups is 1. The fraction of sp³-hybridized carbons (Fsp3) is 0.833. The van der Waals surface area contributed by atoms with Gasteiger partial charge in [0.2, 0.25) is 5.91 Å². The predicted molar refractivity (Wildman–Crippen MR) is 64.3 cm³/mol. The second-order valence-corrected chi connectivity index (χ2v) is 5.07. The maximum absolute atomic E-state index is 13.0. The molecule has 0 saturated carbocycles. The van der Waals surface area contributed by atoms with Gasteiger partial charge in [-0.25, -0.2) is 0 Å². The van der Waals surface area contributed by atoms with Crippen LogP contribution in [0.5, 0.6) is 0 Å². The highest BCUT2D eigenvalue weighted by molar-refractivity contribution is 5.91. The summed E-state index contributed by atoms with van der Waals surface area (Å²) in [5.74, 6) is -1.49. The van der Waals surface area contributed by atoms with Crippen LogP contribution in [0, 0.1) is 5.92 Å². The maximum Gasteiger partial charge on any atom is 0.438 e. The second-order valence-electron chi connectivity index (χ2n) is 5.07. The fourth-order valence-corrected chi connectivity index (χ4v) is 1.83. The minimum Gasteiger partial charge on any atom is -0.362 e. The first-order chi connectivity index (χ1) is 8.63. The van der Waals surface area contributed by atoms with Gasteiger partial charge in [-0.05, 0) is 12.8 Å². The molecule has 1 rings (SSSR count). The van der Waals surface area contributed by atoms with Crippen LogP contribution in [0.1, 0.15) is 46.5 Å². The van der Waals surface area contributed by atoms with Gasteiger partial charge in [-0.15, -0.1) is 0 Å². The summed E-state index contributed by atoms with van der Waals surface area (Å²) in [6.45, 7) is 4.85. The van der Waals surface area contributed by atoms with Gasteiger partial charge >= 0.3 is 6.18 Å². The monoisotopic (exact) mass is 280 g/mol. The van der Waals surface area contributed by atoms with Crippen molar-refractivity contribution < 1.29 is 23.1 Å². The van der Waals surface area contributed by atoms with Crippen molar-refractivity contribution in [3.63, 3.8) is 0 Å². The summed E-state index contributed by atoms with van der Waals surface area (Å²) < 4.78 is 39.0. The molecule has 110 valence electrons. The highest BCUT2D eigenvalue weighted by Crippen LogP contribution is 2.41. The Hall–Kier alpha value is -1.11. The number of hydrazone groups is 1. The Morgan fingerprint density at radius 3 is 2.53 bits per heavy atom. The molecule has 0 saturated heterocycles. The third-order valence-electron chi connectivity index (χ3n) is 3.02. The number of halogens is 3. The van der Waals surface area contributed by atoms with E-state index in [2.05, 4.69) is 5.10 Å². The van der Waals surface area contributed by atoms with E-state index >= 15 is 0 Å². The third kappa shape index (κ3) is 3.08. The second kappa shape index (κ2) is 5.48.